The minimum Gasteiger partial charge on any atom is -0.480 e. The molecule has 2 amide bonds. The summed E-state index contributed by atoms with van der Waals surface area (Å²) in [7, 11) is 1.39. The molecule has 0 radical (unpaired) electrons. The molecule has 0 saturated heterocycles. The highest BCUT2D eigenvalue weighted by atomic mass is 16.5. The van der Waals surface area contributed by atoms with Crippen LogP contribution in [0.2, 0.25) is 0 Å². The van der Waals surface area contributed by atoms with Gasteiger partial charge in [0.15, 0.2) is 6.04 Å². The molecule has 0 bridgehead atoms. The first-order chi connectivity index (χ1) is 7.43. The zero-order chi connectivity index (χ0) is 12.7. The number of urea groups is 1. The van der Waals surface area contributed by atoms with Crippen molar-refractivity contribution < 1.29 is 19.4 Å². The van der Waals surface area contributed by atoms with Crippen molar-refractivity contribution in [3.63, 3.8) is 0 Å². The number of carboxylic acids is 1. The van der Waals surface area contributed by atoms with Crippen molar-refractivity contribution in [3.8, 4) is 0 Å². The van der Waals surface area contributed by atoms with Gasteiger partial charge in [0.25, 0.3) is 0 Å². The van der Waals surface area contributed by atoms with Gasteiger partial charge in [-0.2, -0.15) is 0 Å². The highest BCUT2D eigenvalue weighted by Crippen LogP contribution is 1.99. The fourth-order valence-electron chi connectivity index (χ4n) is 1.32. The quantitative estimate of drug-likeness (QED) is 0.700. The Kier molecular flexibility index (Phi) is 6.48. The molecule has 0 fully saturated rings. The number of carboxylic acid groups (broad SMARTS) is 1. The van der Waals surface area contributed by atoms with E-state index in [0.29, 0.717) is 6.54 Å². The number of nitrogens with zero attached hydrogens (tertiary/aromatic N) is 1. The number of rotatable bonds is 6. The summed E-state index contributed by atoms with van der Waals surface area (Å²) >= 11 is 0. The number of hydrogen-bond donors (Lipinski definition) is 2. The molecule has 0 aliphatic carbocycles. The van der Waals surface area contributed by atoms with E-state index >= 15 is 0 Å². The van der Waals surface area contributed by atoms with Gasteiger partial charge in [0.1, 0.15) is 0 Å². The van der Waals surface area contributed by atoms with Crippen LogP contribution in [0.15, 0.2) is 0 Å². The molecule has 0 aromatic rings. The van der Waals surface area contributed by atoms with Gasteiger partial charge in [0.2, 0.25) is 0 Å². The standard InChI is InChI=1S/C10H20N2O4/c1-5-12(7(2)3)10(15)11-8(6-16-4)9(13)14/h7-8H,5-6H2,1-4H3,(H,11,15)(H,13,14). The summed E-state index contributed by atoms with van der Waals surface area (Å²) < 4.78 is 4.73. The van der Waals surface area contributed by atoms with E-state index in [0.717, 1.165) is 0 Å². The topological polar surface area (TPSA) is 78.9 Å². The predicted octanol–water partition coefficient (Wildman–Crippen LogP) is 0.526. The summed E-state index contributed by atoms with van der Waals surface area (Å²) in [6, 6.07) is -1.37. The van der Waals surface area contributed by atoms with E-state index in [1.54, 1.807) is 4.90 Å². The molecule has 2 N–H and O–H groups in total. The van der Waals surface area contributed by atoms with Crippen molar-refractivity contribution in [1.29, 1.82) is 0 Å². The van der Waals surface area contributed by atoms with Crippen LogP contribution in [0.4, 0.5) is 4.79 Å². The van der Waals surface area contributed by atoms with Gasteiger partial charge in [-0.15, -0.1) is 0 Å². The first kappa shape index (κ1) is 14.7. The highest BCUT2D eigenvalue weighted by Gasteiger charge is 2.23. The van der Waals surface area contributed by atoms with Crippen LogP contribution in [0.25, 0.3) is 0 Å². The molecule has 0 spiro atoms. The average Bonchev–Trinajstić information content (AvgIpc) is 2.17. The van der Waals surface area contributed by atoms with Gasteiger partial charge in [0.05, 0.1) is 6.61 Å². The summed E-state index contributed by atoms with van der Waals surface area (Å²) in [4.78, 5) is 24.0. The monoisotopic (exact) mass is 232 g/mol. The normalized spacial score (nSPS) is 12.3. The van der Waals surface area contributed by atoms with Crippen LogP contribution < -0.4 is 5.32 Å². The summed E-state index contributed by atoms with van der Waals surface area (Å²) in [5.41, 5.74) is 0. The number of amides is 2. The van der Waals surface area contributed by atoms with Gasteiger partial charge in [0, 0.05) is 19.7 Å². The van der Waals surface area contributed by atoms with E-state index in [2.05, 4.69) is 5.32 Å². The van der Waals surface area contributed by atoms with Crippen LogP contribution in [0.5, 0.6) is 0 Å². The van der Waals surface area contributed by atoms with Crippen molar-refractivity contribution in [2.45, 2.75) is 32.9 Å². The highest BCUT2D eigenvalue weighted by molar-refractivity contribution is 5.82. The van der Waals surface area contributed by atoms with E-state index in [4.69, 9.17) is 9.84 Å². The molecule has 0 heterocycles. The molecule has 1 atom stereocenters. The average molecular weight is 232 g/mol. The molecule has 94 valence electrons. The number of hydrogen-bond acceptors (Lipinski definition) is 3. The molecule has 6 heteroatoms. The summed E-state index contributed by atoms with van der Waals surface area (Å²) in [6.45, 7) is 6.07. The first-order valence-corrected chi connectivity index (χ1v) is 5.22. The fraction of sp³-hybridized carbons (Fsp3) is 0.800. The number of carbonyl (C=O) groups excluding carboxylic acids is 1. The van der Waals surface area contributed by atoms with Crippen molar-refractivity contribution in [2.75, 3.05) is 20.3 Å². The van der Waals surface area contributed by atoms with Gasteiger partial charge in [-0.1, -0.05) is 0 Å². The van der Waals surface area contributed by atoms with Gasteiger partial charge in [-0.3, -0.25) is 0 Å². The molecule has 0 rings (SSSR count). The van der Waals surface area contributed by atoms with Gasteiger partial charge in [-0.25, -0.2) is 9.59 Å². The second-order valence-electron chi connectivity index (χ2n) is 3.68. The van der Waals surface area contributed by atoms with Crippen LogP contribution in [-0.4, -0.2) is 54.4 Å². The largest absolute Gasteiger partial charge is 0.480 e. The van der Waals surface area contributed by atoms with Crippen LogP contribution in [0, 0.1) is 0 Å². The lowest BCUT2D eigenvalue weighted by atomic mass is 10.3. The van der Waals surface area contributed by atoms with E-state index in [9.17, 15) is 9.59 Å². The van der Waals surface area contributed by atoms with Gasteiger partial charge >= 0.3 is 12.0 Å². The number of methoxy groups -OCH3 is 1. The Bertz CT molecular complexity index is 243. The summed E-state index contributed by atoms with van der Waals surface area (Å²) in [6.07, 6.45) is 0. The Balaban J connectivity index is 4.43. The number of ether oxygens (including phenoxy) is 1. The Morgan fingerprint density at radius 3 is 2.31 bits per heavy atom. The number of carbonyl (C=O) groups is 2. The molecule has 0 aliphatic rings. The second-order valence-corrected chi connectivity index (χ2v) is 3.68. The van der Waals surface area contributed by atoms with Crippen LogP contribution >= 0.6 is 0 Å². The maximum absolute atomic E-state index is 11.7. The molecule has 0 aliphatic heterocycles. The third-order valence-electron chi connectivity index (χ3n) is 2.15. The van der Waals surface area contributed by atoms with E-state index < -0.39 is 12.0 Å². The van der Waals surface area contributed by atoms with Crippen molar-refractivity contribution in [1.82, 2.24) is 10.2 Å². The van der Waals surface area contributed by atoms with E-state index in [1.165, 1.54) is 7.11 Å². The number of nitrogens with one attached hydrogen (secondary N) is 1. The van der Waals surface area contributed by atoms with Crippen molar-refractivity contribution in [2.24, 2.45) is 0 Å². The molecule has 0 aromatic heterocycles. The molecular formula is C10H20N2O4. The minimum absolute atomic E-state index is 0.0296. The molecule has 16 heavy (non-hydrogen) atoms. The Morgan fingerprint density at radius 1 is 1.44 bits per heavy atom. The van der Waals surface area contributed by atoms with Crippen molar-refractivity contribution in [3.05, 3.63) is 0 Å². The lowest BCUT2D eigenvalue weighted by Gasteiger charge is -2.27. The maximum atomic E-state index is 11.7. The van der Waals surface area contributed by atoms with Crippen molar-refractivity contribution >= 4 is 12.0 Å². The zero-order valence-electron chi connectivity index (χ0n) is 10.2. The minimum atomic E-state index is -1.10. The third kappa shape index (κ3) is 4.48. The van der Waals surface area contributed by atoms with E-state index in [-0.39, 0.29) is 18.7 Å². The smallest absolute Gasteiger partial charge is 0.328 e. The Morgan fingerprint density at radius 2 is 2.00 bits per heavy atom. The third-order valence-corrected chi connectivity index (χ3v) is 2.15. The predicted molar refractivity (Wildman–Crippen MR) is 59.3 cm³/mol. The molecule has 0 saturated carbocycles. The molecular weight excluding hydrogens is 212 g/mol. The Hall–Kier alpha value is -1.30. The van der Waals surface area contributed by atoms with Crippen LogP contribution in [0.3, 0.4) is 0 Å². The molecule has 0 aromatic carbocycles. The second kappa shape index (κ2) is 7.05. The zero-order valence-corrected chi connectivity index (χ0v) is 10.2. The van der Waals surface area contributed by atoms with E-state index in [1.807, 2.05) is 20.8 Å². The molecule has 1 unspecified atom stereocenters. The van der Waals surface area contributed by atoms with Crippen LogP contribution in [0.1, 0.15) is 20.8 Å². The van der Waals surface area contributed by atoms with Gasteiger partial charge < -0.3 is 20.1 Å². The number of aliphatic carboxylic acids is 1. The Labute approximate surface area is 95.6 Å². The lowest BCUT2D eigenvalue weighted by Crippen LogP contribution is -2.51. The summed E-state index contributed by atoms with van der Waals surface area (Å²) in [5.74, 6) is -1.10. The van der Waals surface area contributed by atoms with Crippen LogP contribution in [-0.2, 0) is 9.53 Å². The molecule has 6 nitrogen and oxygen atoms in total. The lowest BCUT2D eigenvalue weighted by molar-refractivity contribution is -0.140. The fourth-order valence-corrected chi connectivity index (χ4v) is 1.32. The maximum Gasteiger partial charge on any atom is 0.328 e. The van der Waals surface area contributed by atoms with Gasteiger partial charge in [-0.05, 0) is 20.8 Å². The SMILES string of the molecule is CCN(C(=O)NC(COC)C(=O)O)C(C)C. The summed E-state index contributed by atoms with van der Waals surface area (Å²) in [5, 5.41) is 11.2. The first-order valence-electron chi connectivity index (χ1n) is 5.22.